The van der Waals surface area contributed by atoms with Crippen molar-refractivity contribution in [3.8, 4) is 11.4 Å². The van der Waals surface area contributed by atoms with Crippen molar-refractivity contribution in [1.82, 2.24) is 19.6 Å². The van der Waals surface area contributed by atoms with Crippen LogP contribution in [0.2, 0.25) is 0 Å². The molecule has 34 heavy (non-hydrogen) atoms. The number of aromatic nitrogens is 2. The lowest BCUT2D eigenvalue weighted by molar-refractivity contribution is -0.133. The van der Waals surface area contributed by atoms with E-state index in [2.05, 4.69) is 23.0 Å². The van der Waals surface area contributed by atoms with Crippen LogP contribution in [0.1, 0.15) is 37.6 Å². The second kappa shape index (κ2) is 10.4. The molecule has 0 radical (unpaired) electrons. The Balaban J connectivity index is 1.63. The van der Waals surface area contributed by atoms with E-state index < -0.39 is 0 Å². The summed E-state index contributed by atoms with van der Waals surface area (Å²) >= 11 is 0. The third kappa shape index (κ3) is 4.88. The standard InChI is InChI=1S/C26H34N4O4/c1-18(9-7-10-19(2)33-3)16-28-13-8-14-29-22(17-28)25-20(15-24(29)31)27-30(26(25)32)21-11-5-6-12-23(21)34-4/h5-7,9-12,19,22,27H,8,13-17H2,1-4H3. The molecule has 8 nitrogen and oxygen atoms in total. The number of aromatic amines is 1. The molecule has 2 aromatic rings. The van der Waals surface area contributed by atoms with Crippen molar-refractivity contribution in [2.24, 2.45) is 0 Å². The van der Waals surface area contributed by atoms with E-state index in [0.29, 0.717) is 35.8 Å². The summed E-state index contributed by atoms with van der Waals surface area (Å²) in [4.78, 5) is 30.8. The number of hydrogen-bond donors (Lipinski definition) is 1. The SMILES string of the molecule is COc1ccccc1-n1[nH]c2c(c1=O)C1CN(CC(C)=CC=CC(C)OC)CCCN1C(=O)C2. The molecule has 3 heterocycles. The average Bonchev–Trinajstić information content (AvgIpc) is 3.00. The number of carbonyl (C=O) groups is 1. The van der Waals surface area contributed by atoms with Gasteiger partial charge in [0.25, 0.3) is 5.56 Å². The van der Waals surface area contributed by atoms with E-state index in [0.717, 1.165) is 19.5 Å². The van der Waals surface area contributed by atoms with Crippen molar-refractivity contribution in [3.63, 3.8) is 0 Å². The summed E-state index contributed by atoms with van der Waals surface area (Å²) < 4.78 is 12.2. The molecule has 1 fully saturated rings. The number of amides is 1. The number of ether oxygens (including phenoxy) is 2. The van der Waals surface area contributed by atoms with E-state index in [1.54, 1.807) is 14.2 Å². The smallest absolute Gasteiger partial charge is 0.276 e. The van der Waals surface area contributed by atoms with Crippen LogP contribution in [0.15, 0.2) is 52.9 Å². The molecular weight excluding hydrogens is 432 g/mol. The van der Waals surface area contributed by atoms with Gasteiger partial charge < -0.3 is 14.4 Å². The molecule has 1 N–H and O–H groups in total. The van der Waals surface area contributed by atoms with Gasteiger partial charge in [0.1, 0.15) is 11.4 Å². The lowest BCUT2D eigenvalue weighted by Crippen LogP contribution is -2.44. The van der Waals surface area contributed by atoms with Crippen LogP contribution in [-0.2, 0) is 16.0 Å². The monoisotopic (exact) mass is 466 g/mol. The van der Waals surface area contributed by atoms with Crippen molar-refractivity contribution in [3.05, 3.63) is 69.7 Å². The van der Waals surface area contributed by atoms with Gasteiger partial charge in [0.2, 0.25) is 5.91 Å². The molecule has 8 heteroatoms. The average molecular weight is 467 g/mol. The first-order valence-electron chi connectivity index (χ1n) is 11.8. The highest BCUT2D eigenvalue weighted by Crippen LogP contribution is 2.32. The number of para-hydroxylation sites is 2. The number of nitrogens with one attached hydrogen (secondary N) is 1. The number of rotatable bonds is 7. The van der Waals surface area contributed by atoms with E-state index in [1.165, 1.54) is 10.3 Å². The van der Waals surface area contributed by atoms with Gasteiger partial charge in [-0.1, -0.05) is 35.9 Å². The Bertz CT molecular complexity index is 1150. The maximum atomic E-state index is 13.6. The Labute approximate surface area is 200 Å². The van der Waals surface area contributed by atoms with Gasteiger partial charge >= 0.3 is 0 Å². The third-order valence-corrected chi connectivity index (χ3v) is 6.60. The fourth-order valence-electron chi connectivity index (χ4n) is 4.82. The largest absolute Gasteiger partial charge is 0.494 e. The molecule has 1 aromatic heterocycles. The molecule has 1 amide bonds. The van der Waals surface area contributed by atoms with Gasteiger partial charge in [0, 0.05) is 33.3 Å². The van der Waals surface area contributed by atoms with E-state index in [1.807, 2.05) is 48.2 Å². The zero-order chi connectivity index (χ0) is 24.2. The van der Waals surface area contributed by atoms with Crippen LogP contribution in [0.5, 0.6) is 5.75 Å². The van der Waals surface area contributed by atoms with Gasteiger partial charge in [-0.25, -0.2) is 4.68 Å². The lowest BCUT2D eigenvalue weighted by Gasteiger charge is -2.34. The van der Waals surface area contributed by atoms with Crippen molar-refractivity contribution < 1.29 is 14.3 Å². The molecule has 0 bridgehead atoms. The number of methoxy groups -OCH3 is 2. The summed E-state index contributed by atoms with van der Waals surface area (Å²) in [6.07, 6.45) is 7.30. The summed E-state index contributed by atoms with van der Waals surface area (Å²) in [6.45, 7) is 7.05. The number of benzene rings is 1. The summed E-state index contributed by atoms with van der Waals surface area (Å²) in [6, 6.07) is 7.13. The maximum absolute atomic E-state index is 13.6. The minimum Gasteiger partial charge on any atom is -0.494 e. The van der Waals surface area contributed by atoms with Gasteiger partial charge in [-0.05, 0) is 32.4 Å². The first kappa shape index (κ1) is 24.0. The van der Waals surface area contributed by atoms with Crippen molar-refractivity contribution >= 4 is 5.91 Å². The number of H-pyrrole nitrogens is 1. The highest BCUT2D eigenvalue weighted by atomic mass is 16.5. The van der Waals surface area contributed by atoms with Crippen molar-refractivity contribution in [2.75, 3.05) is 40.4 Å². The number of allylic oxidation sites excluding steroid dienone is 2. The molecule has 182 valence electrons. The Hall–Kier alpha value is -3.10. The van der Waals surface area contributed by atoms with E-state index in [9.17, 15) is 9.59 Å². The molecule has 2 atom stereocenters. The van der Waals surface area contributed by atoms with Crippen LogP contribution in [0.3, 0.4) is 0 Å². The quantitative estimate of drug-likeness (QED) is 0.635. The molecule has 2 aliphatic heterocycles. The molecule has 0 saturated carbocycles. The maximum Gasteiger partial charge on any atom is 0.276 e. The summed E-state index contributed by atoms with van der Waals surface area (Å²) in [5.74, 6) is 0.669. The van der Waals surface area contributed by atoms with Gasteiger partial charge in [-0.2, -0.15) is 0 Å². The highest BCUT2D eigenvalue weighted by molar-refractivity contribution is 5.81. The Morgan fingerprint density at radius 3 is 2.79 bits per heavy atom. The minimum absolute atomic E-state index is 0.0662. The van der Waals surface area contributed by atoms with Crippen molar-refractivity contribution in [2.45, 2.75) is 38.8 Å². The highest BCUT2D eigenvalue weighted by Gasteiger charge is 2.39. The van der Waals surface area contributed by atoms with Crippen LogP contribution in [0.4, 0.5) is 0 Å². The topological polar surface area (TPSA) is 79.8 Å². The van der Waals surface area contributed by atoms with E-state index in [-0.39, 0.29) is 30.0 Å². The summed E-state index contributed by atoms with van der Waals surface area (Å²) in [7, 11) is 3.28. The van der Waals surface area contributed by atoms with Crippen LogP contribution in [0.25, 0.3) is 5.69 Å². The fourth-order valence-corrected chi connectivity index (χ4v) is 4.82. The summed E-state index contributed by atoms with van der Waals surface area (Å²) in [5.41, 5.74) is 3.13. The Morgan fingerprint density at radius 2 is 2.03 bits per heavy atom. The normalized spacial score (nSPS) is 20.2. The number of nitrogens with zero attached hydrogens (tertiary/aromatic N) is 3. The minimum atomic E-state index is -0.268. The molecule has 4 rings (SSSR count). The van der Waals surface area contributed by atoms with Gasteiger partial charge in [-0.3, -0.25) is 19.6 Å². The molecule has 1 aromatic carbocycles. The lowest BCUT2D eigenvalue weighted by atomic mass is 9.98. The van der Waals surface area contributed by atoms with E-state index >= 15 is 0 Å². The van der Waals surface area contributed by atoms with Gasteiger partial charge in [0.15, 0.2) is 0 Å². The molecule has 2 aliphatic rings. The molecule has 0 spiro atoms. The number of fused-ring (bicyclic) bond motifs is 3. The zero-order valence-corrected chi connectivity index (χ0v) is 20.4. The Morgan fingerprint density at radius 1 is 1.24 bits per heavy atom. The van der Waals surface area contributed by atoms with Crippen LogP contribution < -0.4 is 10.3 Å². The van der Waals surface area contributed by atoms with Crippen LogP contribution in [0, 0.1) is 0 Å². The molecule has 0 aliphatic carbocycles. The molecule has 1 saturated heterocycles. The van der Waals surface area contributed by atoms with Gasteiger partial charge in [0.05, 0.1) is 36.9 Å². The molecular formula is C26H34N4O4. The second-order valence-corrected chi connectivity index (χ2v) is 9.02. The Kier molecular flexibility index (Phi) is 7.38. The first-order valence-corrected chi connectivity index (χ1v) is 11.8. The predicted molar refractivity (Wildman–Crippen MR) is 132 cm³/mol. The third-order valence-electron chi connectivity index (χ3n) is 6.60. The van der Waals surface area contributed by atoms with Crippen LogP contribution >= 0.6 is 0 Å². The second-order valence-electron chi connectivity index (χ2n) is 9.02. The van der Waals surface area contributed by atoms with E-state index in [4.69, 9.17) is 9.47 Å². The van der Waals surface area contributed by atoms with Gasteiger partial charge in [-0.15, -0.1) is 0 Å². The number of carbonyl (C=O) groups excluding carboxylic acids is 1. The predicted octanol–water partition coefficient (Wildman–Crippen LogP) is 2.84. The zero-order valence-electron chi connectivity index (χ0n) is 20.4. The fraction of sp³-hybridized carbons (Fsp3) is 0.462. The molecule has 2 unspecified atom stereocenters. The summed E-state index contributed by atoms with van der Waals surface area (Å²) in [5, 5.41) is 3.20. The van der Waals surface area contributed by atoms with Crippen LogP contribution in [-0.4, -0.2) is 72.0 Å². The first-order chi connectivity index (χ1) is 16.4. The van der Waals surface area contributed by atoms with Crippen molar-refractivity contribution in [1.29, 1.82) is 0 Å². The number of hydrogen-bond acceptors (Lipinski definition) is 5.